The first-order chi connectivity index (χ1) is 10.1. The van der Waals surface area contributed by atoms with Gasteiger partial charge in [-0.25, -0.2) is 15.2 Å². The van der Waals surface area contributed by atoms with Gasteiger partial charge in [0.05, 0.1) is 4.92 Å². The van der Waals surface area contributed by atoms with Gasteiger partial charge in [0, 0.05) is 6.54 Å². The zero-order valence-electron chi connectivity index (χ0n) is 10.9. The Morgan fingerprint density at radius 3 is 2.67 bits per heavy atom. The summed E-state index contributed by atoms with van der Waals surface area (Å²) in [5.41, 5.74) is 2.88. The number of nitrogen functional groups attached to an aromatic ring is 1. The van der Waals surface area contributed by atoms with Gasteiger partial charge in [-0.05, 0) is 24.1 Å². The molecule has 0 spiro atoms. The SMILES string of the molecule is NNc1ncc([N+](=O)[O-])c(NCCc2ccc(F)cc2)n1. The van der Waals surface area contributed by atoms with Crippen molar-refractivity contribution in [2.75, 3.05) is 17.3 Å². The molecule has 0 fully saturated rings. The van der Waals surface area contributed by atoms with Crippen LogP contribution in [0.5, 0.6) is 0 Å². The monoisotopic (exact) mass is 292 g/mol. The first-order valence-electron chi connectivity index (χ1n) is 6.06. The molecule has 0 amide bonds. The average molecular weight is 292 g/mol. The lowest BCUT2D eigenvalue weighted by Gasteiger charge is -2.07. The lowest BCUT2D eigenvalue weighted by atomic mass is 10.1. The maximum absolute atomic E-state index is 12.8. The fourth-order valence-corrected chi connectivity index (χ4v) is 1.69. The summed E-state index contributed by atoms with van der Waals surface area (Å²) >= 11 is 0. The van der Waals surface area contributed by atoms with E-state index in [1.165, 1.54) is 12.1 Å². The van der Waals surface area contributed by atoms with Crippen LogP contribution in [0.15, 0.2) is 30.5 Å². The van der Waals surface area contributed by atoms with Crippen LogP contribution in [-0.4, -0.2) is 21.4 Å². The smallest absolute Gasteiger partial charge is 0.329 e. The zero-order chi connectivity index (χ0) is 15.2. The van der Waals surface area contributed by atoms with Crippen LogP contribution in [0.25, 0.3) is 0 Å². The molecule has 0 saturated heterocycles. The number of halogens is 1. The third kappa shape index (κ3) is 3.83. The summed E-state index contributed by atoms with van der Waals surface area (Å²) in [7, 11) is 0. The normalized spacial score (nSPS) is 10.2. The van der Waals surface area contributed by atoms with E-state index in [0.717, 1.165) is 11.8 Å². The summed E-state index contributed by atoms with van der Waals surface area (Å²) in [6, 6.07) is 6.02. The number of nitrogens with two attached hydrogens (primary N) is 1. The highest BCUT2D eigenvalue weighted by Gasteiger charge is 2.16. The van der Waals surface area contributed by atoms with E-state index in [-0.39, 0.29) is 23.3 Å². The molecule has 2 rings (SSSR count). The maximum atomic E-state index is 12.8. The molecule has 0 saturated carbocycles. The second-order valence-electron chi connectivity index (χ2n) is 4.13. The van der Waals surface area contributed by atoms with Crippen LogP contribution < -0.4 is 16.6 Å². The zero-order valence-corrected chi connectivity index (χ0v) is 10.9. The van der Waals surface area contributed by atoms with Crippen LogP contribution in [0, 0.1) is 15.9 Å². The predicted molar refractivity (Wildman–Crippen MR) is 75.1 cm³/mol. The fraction of sp³-hybridized carbons (Fsp3) is 0.167. The molecule has 1 heterocycles. The molecule has 0 bridgehead atoms. The van der Waals surface area contributed by atoms with Gasteiger partial charge < -0.3 is 5.32 Å². The van der Waals surface area contributed by atoms with E-state index in [1.54, 1.807) is 12.1 Å². The van der Waals surface area contributed by atoms with Gasteiger partial charge in [0.2, 0.25) is 11.8 Å². The minimum atomic E-state index is -0.583. The first kappa shape index (κ1) is 14.6. The molecule has 0 atom stereocenters. The average Bonchev–Trinajstić information content (AvgIpc) is 2.49. The quantitative estimate of drug-likeness (QED) is 0.419. The van der Waals surface area contributed by atoms with E-state index in [0.29, 0.717) is 13.0 Å². The van der Waals surface area contributed by atoms with Gasteiger partial charge in [0.15, 0.2) is 0 Å². The molecule has 4 N–H and O–H groups in total. The van der Waals surface area contributed by atoms with E-state index < -0.39 is 4.92 Å². The number of aromatic nitrogens is 2. The predicted octanol–water partition coefficient (Wildman–Crippen LogP) is 1.46. The van der Waals surface area contributed by atoms with Gasteiger partial charge in [0.1, 0.15) is 12.0 Å². The number of benzene rings is 1. The molecule has 110 valence electrons. The molecule has 0 aliphatic rings. The summed E-state index contributed by atoms with van der Waals surface area (Å²) < 4.78 is 12.8. The van der Waals surface area contributed by atoms with Crippen LogP contribution in [0.3, 0.4) is 0 Å². The molecule has 8 nitrogen and oxygen atoms in total. The minimum Gasteiger partial charge on any atom is -0.364 e. The number of hydrogen-bond acceptors (Lipinski definition) is 7. The van der Waals surface area contributed by atoms with Crippen LogP contribution in [0.2, 0.25) is 0 Å². The van der Waals surface area contributed by atoms with E-state index >= 15 is 0 Å². The molecule has 9 heteroatoms. The van der Waals surface area contributed by atoms with Crippen LogP contribution >= 0.6 is 0 Å². The van der Waals surface area contributed by atoms with E-state index in [4.69, 9.17) is 5.84 Å². The van der Waals surface area contributed by atoms with Gasteiger partial charge in [-0.3, -0.25) is 15.5 Å². The summed E-state index contributed by atoms with van der Waals surface area (Å²) in [5, 5.41) is 13.7. The molecule has 21 heavy (non-hydrogen) atoms. The number of nitro groups is 1. The fourth-order valence-electron chi connectivity index (χ4n) is 1.69. The van der Waals surface area contributed by atoms with Crippen molar-refractivity contribution in [3.63, 3.8) is 0 Å². The summed E-state index contributed by atoms with van der Waals surface area (Å²) in [6.07, 6.45) is 1.63. The molecule has 0 aliphatic heterocycles. The first-order valence-corrected chi connectivity index (χ1v) is 6.06. The Morgan fingerprint density at radius 1 is 1.33 bits per heavy atom. The molecule has 0 aliphatic carbocycles. The molecule has 2 aromatic rings. The van der Waals surface area contributed by atoms with E-state index in [2.05, 4.69) is 20.7 Å². The van der Waals surface area contributed by atoms with Gasteiger partial charge in [-0.15, -0.1) is 0 Å². The molecule has 0 unspecified atom stereocenters. The lowest BCUT2D eigenvalue weighted by molar-refractivity contribution is -0.384. The summed E-state index contributed by atoms with van der Waals surface area (Å²) in [6.45, 7) is 0.396. The van der Waals surface area contributed by atoms with Crippen molar-refractivity contribution >= 4 is 17.5 Å². The van der Waals surface area contributed by atoms with Crippen LogP contribution in [0.1, 0.15) is 5.56 Å². The number of rotatable bonds is 6. The third-order valence-electron chi connectivity index (χ3n) is 2.71. The number of nitrogens with zero attached hydrogens (tertiary/aromatic N) is 3. The van der Waals surface area contributed by atoms with Gasteiger partial charge in [-0.2, -0.15) is 4.98 Å². The molecular formula is C12H13FN6O2. The second-order valence-corrected chi connectivity index (χ2v) is 4.13. The second kappa shape index (κ2) is 6.57. The number of hydrogen-bond donors (Lipinski definition) is 3. The lowest BCUT2D eigenvalue weighted by Crippen LogP contribution is -2.14. The largest absolute Gasteiger partial charge is 0.364 e. The topological polar surface area (TPSA) is 119 Å². The van der Waals surface area contributed by atoms with Gasteiger partial charge >= 0.3 is 5.69 Å². The Morgan fingerprint density at radius 2 is 2.05 bits per heavy atom. The number of nitrogens with one attached hydrogen (secondary N) is 2. The van der Waals surface area contributed by atoms with Gasteiger partial charge in [0.25, 0.3) is 0 Å². The van der Waals surface area contributed by atoms with Crippen molar-refractivity contribution in [1.82, 2.24) is 9.97 Å². The third-order valence-corrected chi connectivity index (χ3v) is 2.71. The molecular weight excluding hydrogens is 279 g/mol. The Kier molecular flexibility index (Phi) is 4.57. The van der Waals surface area contributed by atoms with Crippen molar-refractivity contribution in [3.05, 3.63) is 52.0 Å². The Hall–Kier alpha value is -2.81. The van der Waals surface area contributed by atoms with Crippen LogP contribution in [-0.2, 0) is 6.42 Å². The standard InChI is InChI=1S/C12H13FN6O2/c13-9-3-1-8(2-4-9)5-6-15-11-10(19(20)21)7-16-12(17-11)18-14/h1-4,7H,5-6,14H2,(H2,15,16,17,18). The Labute approximate surface area is 119 Å². The Balaban J connectivity index is 2.04. The van der Waals surface area contributed by atoms with Crippen molar-refractivity contribution < 1.29 is 9.31 Å². The highest BCUT2D eigenvalue weighted by Crippen LogP contribution is 2.21. The van der Waals surface area contributed by atoms with Crippen LogP contribution in [0.4, 0.5) is 21.8 Å². The highest BCUT2D eigenvalue weighted by atomic mass is 19.1. The van der Waals surface area contributed by atoms with E-state index in [1.807, 2.05) is 0 Å². The van der Waals surface area contributed by atoms with E-state index in [9.17, 15) is 14.5 Å². The minimum absolute atomic E-state index is 0.0740. The maximum Gasteiger partial charge on any atom is 0.329 e. The molecule has 1 aromatic carbocycles. The highest BCUT2D eigenvalue weighted by molar-refractivity contribution is 5.56. The van der Waals surface area contributed by atoms with Crippen molar-refractivity contribution in [3.8, 4) is 0 Å². The molecule has 0 radical (unpaired) electrons. The van der Waals surface area contributed by atoms with Crippen molar-refractivity contribution in [2.45, 2.75) is 6.42 Å². The number of anilines is 2. The molecule has 1 aromatic heterocycles. The summed E-state index contributed by atoms with van der Waals surface area (Å²) in [5.74, 6) is 5.01. The Bertz CT molecular complexity index is 634. The number of hydrazine groups is 1. The summed E-state index contributed by atoms with van der Waals surface area (Å²) in [4.78, 5) is 17.9. The van der Waals surface area contributed by atoms with Crippen molar-refractivity contribution in [2.24, 2.45) is 5.84 Å². The van der Waals surface area contributed by atoms with Crippen molar-refractivity contribution in [1.29, 1.82) is 0 Å². The van der Waals surface area contributed by atoms with Gasteiger partial charge in [-0.1, -0.05) is 12.1 Å².